The highest BCUT2D eigenvalue weighted by Gasteiger charge is 2.15. The van der Waals surface area contributed by atoms with Gasteiger partial charge in [0.15, 0.2) is 6.61 Å². The van der Waals surface area contributed by atoms with Gasteiger partial charge in [-0.1, -0.05) is 62.4 Å². The Morgan fingerprint density at radius 1 is 1.04 bits per heavy atom. The van der Waals surface area contributed by atoms with Crippen molar-refractivity contribution >= 4 is 11.8 Å². The van der Waals surface area contributed by atoms with Gasteiger partial charge in [-0.05, 0) is 30.7 Å². The van der Waals surface area contributed by atoms with Gasteiger partial charge in [-0.2, -0.15) is 0 Å². The number of carbonyl (C=O) groups excluding carboxylic acids is 2. The topological polar surface area (TPSA) is 67.4 Å². The van der Waals surface area contributed by atoms with Gasteiger partial charge < -0.3 is 5.32 Å². The van der Waals surface area contributed by atoms with Crippen molar-refractivity contribution in [3.63, 3.8) is 0 Å². The monoisotopic (exact) mass is 346 g/mol. The zero-order chi connectivity index (χ0) is 17.7. The fourth-order valence-corrected chi connectivity index (χ4v) is 3.26. The van der Waals surface area contributed by atoms with Crippen LogP contribution < -0.4 is 10.8 Å². The predicted octanol–water partition coefficient (Wildman–Crippen LogP) is 3.14. The molecular formula is C20H30N2O3. The third-order valence-corrected chi connectivity index (χ3v) is 4.70. The normalized spacial score (nSPS) is 14.9. The lowest BCUT2D eigenvalue weighted by Gasteiger charge is -2.20. The number of hydroxylamine groups is 1. The molecular weight excluding hydrogens is 316 g/mol. The molecule has 0 radical (unpaired) electrons. The van der Waals surface area contributed by atoms with Crippen molar-refractivity contribution in [3.05, 3.63) is 35.9 Å². The summed E-state index contributed by atoms with van der Waals surface area (Å²) < 4.78 is 0. The number of hydrogen-bond donors (Lipinski definition) is 2. The highest BCUT2D eigenvalue weighted by molar-refractivity contribution is 5.78. The molecule has 0 heterocycles. The van der Waals surface area contributed by atoms with Gasteiger partial charge in [-0.25, -0.2) is 5.48 Å². The highest BCUT2D eigenvalue weighted by Crippen LogP contribution is 2.27. The van der Waals surface area contributed by atoms with Crippen LogP contribution in [-0.2, 0) is 20.8 Å². The molecule has 0 spiro atoms. The second kappa shape index (κ2) is 11.6. The quantitative estimate of drug-likeness (QED) is 0.505. The van der Waals surface area contributed by atoms with Gasteiger partial charge in [-0.15, -0.1) is 0 Å². The average molecular weight is 346 g/mol. The molecule has 1 aromatic carbocycles. The van der Waals surface area contributed by atoms with Crippen LogP contribution >= 0.6 is 0 Å². The maximum Gasteiger partial charge on any atom is 0.248 e. The van der Waals surface area contributed by atoms with E-state index in [1.54, 1.807) is 0 Å². The Labute approximate surface area is 150 Å². The molecule has 0 saturated heterocycles. The molecule has 2 rings (SSSR count). The second-order valence-electron chi connectivity index (χ2n) is 6.80. The third-order valence-electron chi connectivity index (χ3n) is 4.70. The van der Waals surface area contributed by atoms with E-state index in [1.165, 1.54) is 37.7 Å². The summed E-state index contributed by atoms with van der Waals surface area (Å²) in [6.45, 7) is 0.465. The number of amides is 2. The Hall–Kier alpha value is -1.88. The Balaban J connectivity index is 1.45. The molecule has 138 valence electrons. The van der Waals surface area contributed by atoms with E-state index in [0.29, 0.717) is 18.9 Å². The van der Waals surface area contributed by atoms with Crippen LogP contribution in [0.2, 0.25) is 0 Å². The van der Waals surface area contributed by atoms with Crippen LogP contribution in [0.15, 0.2) is 30.3 Å². The minimum Gasteiger partial charge on any atom is -0.354 e. The van der Waals surface area contributed by atoms with Crippen LogP contribution in [0.5, 0.6) is 0 Å². The molecule has 5 nitrogen and oxygen atoms in total. The van der Waals surface area contributed by atoms with Crippen molar-refractivity contribution in [2.24, 2.45) is 5.92 Å². The minimum absolute atomic E-state index is 0.137. The maximum absolute atomic E-state index is 11.7. The van der Waals surface area contributed by atoms with E-state index in [-0.39, 0.29) is 18.4 Å². The van der Waals surface area contributed by atoms with Crippen molar-refractivity contribution in [1.82, 2.24) is 10.8 Å². The van der Waals surface area contributed by atoms with Gasteiger partial charge in [0.1, 0.15) is 0 Å². The summed E-state index contributed by atoms with van der Waals surface area (Å²) in [5.41, 5.74) is 3.63. The minimum atomic E-state index is -0.208. The van der Waals surface area contributed by atoms with E-state index < -0.39 is 0 Å². The predicted molar refractivity (Wildman–Crippen MR) is 97.7 cm³/mol. The van der Waals surface area contributed by atoms with Crippen LogP contribution in [0.1, 0.15) is 56.9 Å². The lowest BCUT2D eigenvalue weighted by Crippen LogP contribution is -2.33. The van der Waals surface area contributed by atoms with E-state index >= 15 is 0 Å². The van der Waals surface area contributed by atoms with Gasteiger partial charge >= 0.3 is 0 Å². The Morgan fingerprint density at radius 3 is 2.56 bits per heavy atom. The first-order valence-corrected chi connectivity index (χ1v) is 9.45. The fourth-order valence-electron chi connectivity index (χ4n) is 3.26. The van der Waals surface area contributed by atoms with Crippen molar-refractivity contribution in [1.29, 1.82) is 0 Å². The summed E-state index contributed by atoms with van der Waals surface area (Å²) in [5.74, 6) is 0.329. The van der Waals surface area contributed by atoms with Crippen molar-refractivity contribution in [2.75, 3.05) is 13.2 Å². The molecule has 2 amide bonds. The summed E-state index contributed by atoms with van der Waals surface area (Å²) >= 11 is 0. The van der Waals surface area contributed by atoms with E-state index in [0.717, 1.165) is 19.3 Å². The average Bonchev–Trinajstić information content (AvgIpc) is 2.65. The molecule has 0 aliphatic heterocycles. The van der Waals surface area contributed by atoms with Gasteiger partial charge in [0, 0.05) is 13.0 Å². The molecule has 25 heavy (non-hydrogen) atoms. The molecule has 0 atom stereocenters. The first-order chi connectivity index (χ1) is 12.2. The van der Waals surface area contributed by atoms with Crippen LogP contribution in [-0.4, -0.2) is 25.0 Å². The lowest BCUT2D eigenvalue weighted by atomic mass is 9.86. The SMILES string of the molecule is O=C(CONC(=O)CCC1CCCCC1)NCCCc1ccccc1. The lowest BCUT2D eigenvalue weighted by molar-refractivity contribution is -0.139. The maximum atomic E-state index is 11.7. The smallest absolute Gasteiger partial charge is 0.248 e. The molecule has 1 aliphatic rings. The van der Waals surface area contributed by atoms with E-state index in [4.69, 9.17) is 4.84 Å². The second-order valence-corrected chi connectivity index (χ2v) is 6.80. The van der Waals surface area contributed by atoms with Crippen molar-refractivity contribution in [3.8, 4) is 0 Å². The standard InChI is InChI=1S/C20H30N2O3/c23-19(14-13-18-10-5-2-6-11-18)22-25-16-20(24)21-15-7-12-17-8-3-1-4-9-17/h1,3-4,8-9,18H,2,5-7,10-16H2,(H,21,24)(H,22,23). The number of aryl methyl sites for hydroxylation is 1. The number of nitrogens with one attached hydrogen (secondary N) is 2. The first-order valence-electron chi connectivity index (χ1n) is 9.45. The molecule has 1 aromatic rings. The number of rotatable bonds is 10. The van der Waals surface area contributed by atoms with E-state index in [9.17, 15) is 9.59 Å². The van der Waals surface area contributed by atoms with E-state index in [1.807, 2.05) is 18.2 Å². The van der Waals surface area contributed by atoms with Gasteiger partial charge in [0.05, 0.1) is 0 Å². The summed E-state index contributed by atoms with van der Waals surface area (Å²) in [6, 6.07) is 10.2. The zero-order valence-corrected chi connectivity index (χ0v) is 15.0. The molecule has 1 aliphatic carbocycles. The molecule has 0 bridgehead atoms. The fraction of sp³-hybridized carbons (Fsp3) is 0.600. The van der Waals surface area contributed by atoms with Crippen LogP contribution in [0, 0.1) is 5.92 Å². The first kappa shape index (κ1) is 19.4. The summed E-state index contributed by atoms with van der Waals surface area (Å²) in [5, 5.41) is 2.80. The van der Waals surface area contributed by atoms with Gasteiger partial charge in [0.25, 0.3) is 0 Å². The van der Waals surface area contributed by atoms with Crippen molar-refractivity contribution in [2.45, 2.75) is 57.8 Å². The molecule has 1 fully saturated rings. The van der Waals surface area contributed by atoms with E-state index in [2.05, 4.69) is 22.9 Å². The molecule has 0 aromatic heterocycles. The summed E-state index contributed by atoms with van der Waals surface area (Å²) in [4.78, 5) is 28.4. The summed E-state index contributed by atoms with van der Waals surface area (Å²) in [7, 11) is 0. The molecule has 5 heteroatoms. The van der Waals surface area contributed by atoms with Crippen molar-refractivity contribution < 1.29 is 14.4 Å². The van der Waals surface area contributed by atoms with Crippen LogP contribution in [0.25, 0.3) is 0 Å². The Bertz CT molecular complexity index is 513. The largest absolute Gasteiger partial charge is 0.354 e. The molecule has 2 N–H and O–H groups in total. The summed E-state index contributed by atoms with van der Waals surface area (Å²) in [6.07, 6.45) is 9.57. The molecule has 1 saturated carbocycles. The Morgan fingerprint density at radius 2 is 1.80 bits per heavy atom. The molecule has 0 unspecified atom stereocenters. The Kier molecular flexibility index (Phi) is 9.05. The zero-order valence-electron chi connectivity index (χ0n) is 15.0. The number of carbonyl (C=O) groups is 2. The third kappa shape index (κ3) is 8.68. The highest BCUT2D eigenvalue weighted by atomic mass is 16.7. The van der Waals surface area contributed by atoms with Gasteiger partial charge in [0.2, 0.25) is 11.8 Å². The van der Waals surface area contributed by atoms with Gasteiger partial charge in [-0.3, -0.25) is 14.4 Å². The van der Waals surface area contributed by atoms with Crippen LogP contribution in [0.4, 0.5) is 0 Å². The number of benzene rings is 1. The number of hydrogen-bond acceptors (Lipinski definition) is 3. The van der Waals surface area contributed by atoms with Crippen LogP contribution in [0.3, 0.4) is 0 Å².